The smallest absolute Gasteiger partial charge is 0.240 e. The molecule has 1 aromatic heterocycles. The van der Waals surface area contributed by atoms with Gasteiger partial charge >= 0.3 is 0 Å². The van der Waals surface area contributed by atoms with Gasteiger partial charge < -0.3 is 5.32 Å². The standard InChI is InChI=1S/C22H19F2N3OS/c23-18-7-6-17(12-19(18)24)20-14-29-22(25-20)26-21(28)13-27-10-8-16(9-11-27)15-4-2-1-3-5-15/h1-8,12,14H,9-11,13H2,(H,25,26,28). The van der Waals surface area contributed by atoms with Crippen molar-refractivity contribution in [3.8, 4) is 11.3 Å². The van der Waals surface area contributed by atoms with E-state index >= 15 is 0 Å². The minimum Gasteiger partial charge on any atom is -0.301 e. The highest BCUT2D eigenvalue weighted by Crippen LogP contribution is 2.26. The summed E-state index contributed by atoms with van der Waals surface area (Å²) in [5, 5.41) is 4.93. The summed E-state index contributed by atoms with van der Waals surface area (Å²) < 4.78 is 26.5. The van der Waals surface area contributed by atoms with Crippen molar-refractivity contribution in [1.82, 2.24) is 9.88 Å². The molecule has 0 radical (unpaired) electrons. The summed E-state index contributed by atoms with van der Waals surface area (Å²) in [6, 6.07) is 13.9. The van der Waals surface area contributed by atoms with Crippen molar-refractivity contribution in [2.75, 3.05) is 25.0 Å². The lowest BCUT2D eigenvalue weighted by Gasteiger charge is -2.25. The van der Waals surface area contributed by atoms with Crippen LogP contribution in [0, 0.1) is 11.6 Å². The minimum atomic E-state index is -0.922. The molecule has 0 atom stereocenters. The van der Waals surface area contributed by atoms with E-state index in [1.54, 1.807) is 5.38 Å². The molecule has 2 heterocycles. The van der Waals surface area contributed by atoms with Gasteiger partial charge in [0.1, 0.15) is 0 Å². The summed E-state index contributed by atoms with van der Waals surface area (Å²) in [4.78, 5) is 18.7. The fourth-order valence-corrected chi connectivity index (χ4v) is 3.99. The Labute approximate surface area is 171 Å². The van der Waals surface area contributed by atoms with Crippen molar-refractivity contribution >= 4 is 27.9 Å². The molecule has 0 bridgehead atoms. The molecule has 2 aromatic carbocycles. The Morgan fingerprint density at radius 3 is 2.66 bits per heavy atom. The van der Waals surface area contributed by atoms with Gasteiger partial charge in [-0.2, -0.15) is 0 Å². The molecule has 4 nitrogen and oxygen atoms in total. The van der Waals surface area contributed by atoms with E-state index in [-0.39, 0.29) is 12.5 Å². The molecule has 0 fully saturated rings. The van der Waals surface area contributed by atoms with E-state index in [9.17, 15) is 13.6 Å². The van der Waals surface area contributed by atoms with Crippen LogP contribution in [0.2, 0.25) is 0 Å². The van der Waals surface area contributed by atoms with Gasteiger partial charge in [0.05, 0.1) is 12.2 Å². The van der Waals surface area contributed by atoms with Crippen molar-refractivity contribution in [3.05, 3.63) is 77.2 Å². The Kier molecular flexibility index (Phi) is 5.78. The molecule has 1 aliphatic heterocycles. The Morgan fingerprint density at radius 2 is 1.93 bits per heavy atom. The number of rotatable bonds is 5. The highest BCUT2D eigenvalue weighted by Gasteiger charge is 2.17. The first kappa shape index (κ1) is 19.4. The maximum Gasteiger partial charge on any atom is 0.240 e. The van der Waals surface area contributed by atoms with Crippen molar-refractivity contribution in [2.24, 2.45) is 0 Å². The van der Waals surface area contributed by atoms with Gasteiger partial charge in [-0.15, -0.1) is 11.3 Å². The predicted molar refractivity (Wildman–Crippen MR) is 112 cm³/mol. The summed E-state index contributed by atoms with van der Waals surface area (Å²) in [5.74, 6) is -1.97. The Hall–Kier alpha value is -2.90. The molecule has 29 heavy (non-hydrogen) atoms. The molecular weight excluding hydrogens is 392 g/mol. The minimum absolute atomic E-state index is 0.146. The van der Waals surface area contributed by atoms with Crippen LogP contribution in [0.3, 0.4) is 0 Å². The van der Waals surface area contributed by atoms with Crippen molar-refractivity contribution in [2.45, 2.75) is 6.42 Å². The largest absolute Gasteiger partial charge is 0.301 e. The van der Waals surface area contributed by atoms with Crippen LogP contribution in [0.4, 0.5) is 13.9 Å². The lowest BCUT2D eigenvalue weighted by atomic mass is 10.00. The molecule has 1 aliphatic rings. The summed E-state index contributed by atoms with van der Waals surface area (Å²) >= 11 is 1.25. The second-order valence-corrected chi connectivity index (χ2v) is 7.65. The third kappa shape index (κ3) is 4.75. The van der Waals surface area contributed by atoms with Crippen LogP contribution >= 0.6 is 11.3 Å². The average Bonchev–Trinajstić information content (AvgIpc) is 3.19. The summed E-state index contributed by atoms with van der Waals surface area (Å²) in [6.07, 6.45) is 3.06. The number of carbonyl (C=O) groups excluding carboxylic acids is 1. The maximum absolute atomic E-state index is 13.4. The monoisotopic (exact) mass is 411 g/mol. The number of aromatic nitrogens is 1. The van der Waals surface area contributed by atoms with E-state index in [0.717, 1.165) is 31.6 Å². The Balaban J connectivity index is 1.33. The van der Waals surface area contributed by atoms with Crippen LogP contribution in [0.5, 0.6) is 0 Å². The van der Waals surface area contributed by atoms with Crippen LogP contribution in [0.25, 0.3) is 16.8 Å². The molecule has 0 aliphatic carbocycles. The van der Waals surface area contributed by atoms with Crippen molar-refractivity contribution < 1.29 is 13.6 Å². The number of halogens is 2. The number of hydrogen-bond donors (Lipinski definition) is 1. The van der Waals surface area contributed by atoms with Crippen LogP contribution in [-0.4, -0.2) is 35.4 Å². The lowest BCUT2D eigenvalue weighted by Crippen LogP contribution is -2.36. The first-order valence-corrected chi connectivity index (χ1v) is 10.1. The van der Waals surface area contributed by atoms with E-state index in [1.165, 1.54) is 28.5 Å². The second-order valence-electron chi connectivity index (χ2n) is 6.80. The van der Waals surface area contributed by atoms with Crippen LogP contribution in [-0.2, 0) is 4.79 Å². The van der Waals surface area contributed by atoms with E-state index < -0.39 is 11.6 Å². The zero-order chi connectivity index (χ0) is 20.2. The van der Waals surface area contributed by atoms with Crippen LogP contribution < -0.4 is 5.32 Å². The predicted octanol–water partition coefficient (Wildman–Crippen LogP) is 4.82. The molecule has 148 valence electrons. The maximum atomic E-state index is 13.4. The molecule has 0 saturated carbocycles. The van der Waals surface area contributed by atoms with Gasteiger partial charge in [0, 0.05) is 24.0 Å². The molecule has 1 amide bonds. The Bertz CT molecular complexity index is 1050. The normalized spacial score (nSPS) is 14.5. The molecule has 3 aromatic rings. The summed E-state index contributed by atoms with van der Waals surface area (Å²) in [5.41, 5.74) is 3.50. The summed E-state index contributed by atoms with van der Waals surface area (Å²) in [7, 11) is 0. The molecule has 1 N–H and O–H groups in total. The quantitative estimate of drug-likeness (QED) is 0.655. The highest BCUT2D eigenvalue weighted by atomic mass is 32.1. The zero-order valence-electron chi connectivity index (χ0n) is 15.6. The first-order valence-electron chi connectivity index (χ1n) is 9.26. The average molecular weight is 411 g/mol. The van der Waals surface area contributed by atoms with E-state index in [1.807, 2.05) is 18.2 Å². The highest BCUT2D eigenvalue weighted by molar-refractivity contribution is 7.14. The van der Waals surface area contributed by atoms with Gasteiger partial charge in [-0.1, -0.05) is 36.4 Å². The first-order chi connectivity index (χ1) is 14.1. The van der Waals surface area contributed by atoms with Gasteiger partial charge in [-0.25, -0.2) is 13.8 Å². The number of nitrogens with zero attached hydrogens (tertiary/aromatic N) is 2. The van der Waals surface area contributed by atoms with Crippen LogP contribution in [0.1, 0.15) is 12.0 Å². The number of thiazole rings is 1. The van der Waals surface area contributed by atoms with E-state index in [0.29, 0.717) is 16.4 Å². The number of anilines is 1. The number of hydrogen-bond acceptors (Lipinski definition) is 4. The van der Waals surface area contributed by atoms with Gasteiger partial charge in [-0.3, -0.25) is 9.69 Å². The van der Waals surface area contributed by atoms with E-state index in [2.05, 4.69) is 33.4 Å². The Morgan fingerprint density at radius 1 is 1.10 bits per heavy atom. The number of carbonyl (C=O) groups is 1. The van der Waals surface area contributed by atoms with Gasteiger partial charge in [0.2, 0.25) is 5.91 Å². The van der Waals surface area contributed by atoms with Gasteiger partial charge in [0.25, 0.3) is 0 Å². The van der Waals surface area contributed by atoms with Crippen LogP contribution in [0.15, 0.2) is 60.0 Å². The number of benzene rings is 2. The fraction of sp³-hybridized carbons (Fsp3) is 0.182. The SMILES string of the molecule is O=C(CN1CC=C(c2ccccc2)CC1)Nc1nc(-c2ccc(F)c(F)c2)cs1. The molecule has 0 saturated heterocycles. The molecule has 4 rings (SSSR count). The molecular formula is C22H19F2N3OS. The topological polar surface area (TPSA) is 45.2 Å². The number of amides is 1. The van der Waals surface area contributed by atoms with Crippen molar-refractivity contribution in [3.63, 3.8) is 0 Å². The van der Waals surface area contributed by atoms with E-state index in [4.69, 9.17) is 0 Å². The summed E-state index contributed by atoms with van der Waals surface area (Å²) in [6.45, 7) is 1.81. The molecule has 0 unspecified atom stereocenters. The third-order valence-electron chi connectivity index (χ3n) is 4.77. The second kappa shape index (κ2) is 8.63. The van der Waals surface area contributed by atoms with Crippen molar-refractivity contribution in [1.29, 1.82) is 0 Å². The third-order valence-corrected chi connectivity index (χ3v) is 5.53. The zero-order valence-corrected chi connectivity index (χ0v) is 16.4. The van der Waals surface area contributed by atoms with Gasteiger partial charge in [-0.05, 0) is 35.8 Å². The molecule has 7 heteroatoms. The lowest BCUT2D eigenvalue weighted by molar-refractivity contribution is -0.117. The van der Waals surface area contributed by atoms with Gasteiger partial charge in [0.15, 0.2) is 16.8 Å². The fourth-order valence-electron chi connectivity index (χ4n) is 3.25. The molecule has 0 spiro atoms. The number of nitrogens with one attached hydrogen (secondary N) is 1.